The van der Waals surface area contributed by atoms with Gasteiger partial charge in [0.1, 0.15) is 17.7 Å². The van der Waals surface area contributed by atoms with E-state index in [4.69, 9.17) is 10.5 Å². The van der Waals surface area contributed by atoms with Crippen molar-refractivity contribution in [3.63, 3.8) is 0 Å². The molecule has 2 aromatic rings. The molecule has 0 spiro atoms. The molecule has 0 heterocycles. The van der Waals surface area contributed by atoms with E-state index in [0.29, 0.717) is 12.0 Å². The normalized spacial score (nSPS) is 12.7. The minimum Gasteiger partial charge on any atom is -0.444 e. The molecule has 2 atom stereocenters. The second kappa shape index (κ2) is 15.1. The average molecular weight is 553 g/mol. The fraction of sp³-hybridized carbons (Fsp3) is 0.484. The fourth-order valence-corrected chi connectivity index (χ4v) is 4.41. The lowest BCUT2D eigenvalue weighted by Crippen LogP contribution is -2.54. The topological polar surface area (TPSA) is 131 Å². The largest absolute Gasteiger partial charge is 0.444 e. The van der Waals surface area contributed by atoms with Gasteiger partial charge in [-0.2, -0.15) is 0 Å². The summed E-state index contributed by atoms with van der Waals surface area (Å²) in [6, 6.07) is 12.9. The summed E-state index contributed by atoms with van der Waals surface area (Å²) >= 11 is 0. The summed E-state index contributed by atoms with van der Waals surface area (Å²) in [4.78, 5) is 54.0. The van der Waals surface area contributed by atoms with E-state index in [2.05, 4.69) is 10.6 Å². The Morgan fingerprint density at radius 1 is 1.00 bits per heavy atom. The Balaban J connectivity index is 2.52. The molecule has 218 valence electrons. The number of nitrogens with one attached hydrogen (secondary N) is 2. The highest BCUT2D eigenvalue weighted by atomic mass is 16.6. The highest BCUT2D eigenvalue weighted by Gasteiger charge is 2.37. The molecule has 0 aliphatic carbocycles. The number of amides is 4. The van der Waals surface area contributed by atoms with Crippen LogP contribution in [-0.2, 0) is 25.7 Å². The first-order chi connectivity index (χ1) is 18.8. The molecule has 2 unspecified atom stereocenters. The van der Waals surface area contributed by atoms with Gasteiger partial charge in [0.15, 0.2) is 0 Å². The van der Waals surface area contributed by atoms with Gasteiger partial charge < -0.3 is 26.0 Å². The molecule has 0 aliphatic rings. The van der Waals surface area contributed by atoms with Crippen LogP contribution in [0.3, 0.4) is 0 Å². The first-order valence-electron chi connectivity index (χ1n) is 13.8. The molecule has 0 saturated carbocycles. The Bertz CT molecular complexity index is 1160. The van der Waals surface area contributed by atoms with Crippen molar-refractivity contribution in [3.05, 3.63) is 70.8 Å². The van der Waals surface area contributed by atoms with E-state index in [9.17, 15) is 19.2 Å². The minimum atomic E-state index is -1.30. The average Bonchev–Trinajstić information content (AvgIpc) is 2.86. The molecular weight excluding hydrogens is 508 g/mol. The van der Waals surface area contributed by atoms with E-state index in [1.807, 2.05) is 69.3 Å². The molecule has 4 N–H and O–H groups in total. The van der Waals surface area contributed by atoms with Gasteiger partial charge in [-0.05, 0) is 57.7 Å². The number of ether oxygens (including phenoxy) is 1. The van der Waals surface area contributed by atoms with Crippen LogP contribution in [0, 0.1) is 13.8 Å². The summed E-state index contributed by atoms with van der Waals surface area (Å²) in [5, 5.41) is 5.50. The van der Waals surface area contributed by atoms with Crippen LogP contribution in [0.2, 0.25) is 0 Å². The van der Waals surface area contributed by atoms with E-state index in [-0.39, 0.29) is 19.0 Å². The van der Waals surface area contributed by atoms with E-state index < -0.39 is 42.0 Å². The van der Waals surface area contributed by atoms with Crippen LogP contribution in [0.4, 0.5) is 4.79 Å². The van der Waals surface area contributed by atoms with Crippen LogP contribution in [-0.4, -0.2) is 46.9 Å². The minimum absolute atomic E-state index is 0.245. The van der Waals surface area contributed by atoms with Crippen molar-refractivity contribution in [2.75, 3.05) is 6.54 Å². The van der Waals surface area contributed by atoms with Crippen LogP contribution < -0.4 is 16.4 Å². The number of aryl methyl sites for hydroxylation is 2. The maximum absolute atomic E-state index is 14.1. The Morgan fingerprint density at radius 3 is 2.25 bits per heavy atom. The maximum Gasteiger partial charge on any atom is 0.408 e. The summed E-state index contributed by atoms with van der Waals surface area (Å²) in [7, 11) is 0. The number of rotatable bonds is 13. The van der Waals surface area contributed by atoms with Gasteiger partial charge in [0, 0.05) is 13.1 Å². The molecule has 40 heavy (non-hydrogen) atoms. The van der Waals surface area contributed by atoms with Gasteiger partial charge in [0.25, 0.3) is 0 Å². The first kappa shape index (κ1) is 32.3. The lowest BCUT2D eigenvalue weighted by Gasteiger charge is -2.35. The van der Waals surface area contributed by atoms with Gasteiger partial charge in [-0.3, -0.25) is 14.4 Å². The van der Waals surface area contributed by atoms with Crippen LogP contribution in [0.15, 0.2) is 48.5 Å². The monoisotopic (exact) mass is 552 g/mol. The highest BCUT2D eigenvalue weighted by molar-refractivity contribution is 5.94. The second-order valence-electron chi connectivity index (χ2n) is 11.1. The van der Waals surface area contributed by atoms with Gasteiger partial charge in [0.05, 0.1) is 6.42 Å². The SMILES string of the molecule is CCCCCN(C(=O)C(CC(N)=O)NC(=O)OC(C)(C)C)C(C(=O)NCc1ccccc1)c1ccc(C)cc1C. The van der Waals surface area contributed by atoms with Crippen LogP contribution in [0.1, 0.15) is 81.7 Å². The predicted molar refractivity (Wildman–Crippen MR) is 155 cm³/mol. The Labute approximate surface area is 237 Å². The zero-order chi connectivity index (χ0) is 29.9. The number of hydrogen-bond donors (Lipinski definition) is 3. The molecule has 4 amide bonds. The molecule has 9 nitrogen and oxygen atoms in total. The summed E-state index contributed by atoms with van der Waals surface area (Å²) in [6.07, 6.45) is 1.07. The molecule has 0 aromatic heterocycles. The van der Waals surface area contributed by atoms with E-state index in [1.54, 1.807) is 20.8 Å². The van der Waals surface area contributed by atoms with Crippen molar-refractivity contribution in [1.82, 2.24) is 15.5 Å². The van der Waals surface area contributed by atoms with Gasteiger partial charge in [-0.15, -0.1) is 0 Å². The van der Waals surface area contributed by atoms with Crippen molar-refractivity contribution in [3.8, 4) is 0 Å². The number of carbonyl (C=O) groups excluding carboxylic acids is 4. The molecule has 2 rings (SSSR count). The number of primary amides is 1. The number of nitrogens with two attached hydrogens (primary N) is 1. The summed E-state index contributed by atoms with van der Waals surface area (Å²) in [6.45, 7) is 11.5. The zero-order valence-electron chi connectivity index (χ0n) is 24.6. The van der Waals surface area contributed by atoms with Gasteiger partial charge in [-0.1, -0.05) is 73.9 Å². The van der Waals surface area contributed by atoms with E-state index in [1.165, 1.54) is 4.90 Å². The fourth-order valence-electron chi connectivity index (χ4n) is 4.41. The molecule has 0 fully saturated rings. The Kier molecular flexibility index (Phi) is 12.2. The van der Waals surface area contributed by atoms with Crippen molar-refractivity contribution in [2.24, 2.45) is 5.73 Å². The lowest BCUT2D eigenvalue weighted by atomic mass is 9.95. The number of unbranched alkanes of at least 4 members (excludes halogenated alkanes) is 2. The number of carbonyl (C=O) groups is 4. The van der Waals surface area contributed by atoms with E-state index in [0.717, 1.165) is 29.5 Å². The molecule has 9 heteroatoms. The van der Waals surface area contributed by atoms with Crippen molar-refractivity contribution >= 4 is 23.8 Å². The van der Waals surface area contributed by atoms with Crippen molar-refractivity contribution in [2.45, 2.75) is 91.5 Å². The zero-order valence-corrected chi connectivity index (χ0v) is 24.6. The van der Waals surface area contributed by atoms with E-state index >= 15 is 0 Å². The molecule has 0 bridgehead atoms. The number of hydrogen-bond acceptors (Lipinski definition) is 5. The molecule has 2 aromatic carbocycles. The number of nitrogens with zero attached hydrogens (tertiary/aromatic N) is 1. The molecular formula is C31H44N4O5. The molecule has 0 aliphatic heterocycles. The summed E-state index contributed by atoms with van der Waals surface area (Å²) < 4.78 is 5.34. The van der Waals surface area contributed by atoms with Crippen LogP contribution in [0.25, 0.3) is 0 Å². The molecule has 0 saturated heterocycles. The maximum atomic E-state index is 14.1. The summed E-state index contributed by atoms with van der Waals surface area (Å²) in [5.74, 6) is -1.71. The van der Waals surface area contributed by atoms with Gasteiger partial charge in [-0.25, -0.2) is 4.79 Å². The second-order valence-corrected chi connectivity index (χ2v) is 11.1. The predicted octanol–water partition coefficient (Wildman–Crippen LogP) is 4.45. The third-order valence-corrected chi connectivity index (χ3v) is 6.27. The van der Waals surface area contributed by atoms with Crippen LogP contribution >= 0.6 is 0 Å². The van der Waals surface area contributed by atoms with Crippen molar-refractivity contribution < 1.29 is 23.9 Å². The number of alkyl carbamates (subject to hydrolysis) is 1. The van der Waals surface area contributed by atoms with Crippen molar-refractivity contribution in [1.29, 1.82) is 0 Å². The quantitative estimate of drug-likeness (QED) is 0.316. The Hall–Kier alpha value is -3.88. The Morgan fingerprint density at radius 2 is 1.68 bits per heavy atom. The molecule has 0 radical (unpaired) electrons. The third-order valence-electron chi connectivity index (χ3n) is 6.27. The number of benzene rings is 2. The lowest BCUT2D eigenvalue weighted by molar-refractivity contribution is -0.143. The standard InChI is InChI=1S/C31H44N4O5/c1-7-8-12-17-35(29(38)25(19-26(32)36)34-30(39)40-31(4,5)6)27(24-16-15-21(2)18-22(24)3)28(37)33-20-23-13-10-9-11-14-23/h9-11,13-16,18,25,27H,7-8,12,17,19-20H2,1-6H3,(H2,32,36)(H,33,37)(H,34,39). The smallest absolute Gasteiger partial charge is 0.408 e. The first-order valence-corrected chi connectivity index (χ1v) is 13.8. The highest BCUT2D eigenvalue weighted by Crippen LogP contribution is 2.27. The third kappa shape index (κ3) is 10.4. The summed E-state index contributed by atoms with van der Waals surface area (Å²) in [5.41, 5.74) is 8.10. The van der Waals surface area contributed by atoms with Gasteiger partial charge >= 0.3 is 6.09 Å². The van der Waals surface area contributed by atoms with Crippen LogP contribution in [0.5, 0.6) is 0 Å². The van der Waals surface area contributed by atoms with Gasteiger partial charge in [0.2, 0.25) is 17.7 Å².